The third kappa shape index (κ3) is 93.3. The molecule has 8 heteroatoms. The zero-order valence-electron chi connectivity index (χ0n) is 3.63. The first-order chi connectivity index (χ1) is 0. The molecule has 8 N–H and O–H groups in total. The monoisotopic (exact) mass is 317 g/mol. The Balaban J connectivity index is 0. The Kier molecular flexibility index (Phi) is 3260. The molecule has 0 spiro atoms. The van der Waals surface area contributed by atoms with Crippen LogP contribution in [0.25, 0.3) is 0 Å². The van der Waals surface area contributed by atoms with Gasteiger partial charge >= 0.3 is 41.7 Å². The molecule has 0 amide bonds. The van der Waals surface area contributed by atoms with Crippen LogP contribution in [-0.4, -0.2) is 21.9 Å². The molecule has 0 aromatic heterocycles. The van der Waals surface area contributed by atoms with E-state index in [1.54, 1.807) is 0 Å². The van der Waals surface area contributed by atoms with Gasteiger partial charge in [0.25, 0.3) is 0 Å². The van der Waals surface area contributed by atoms with Gasteiger partial charge in [0.15, 0.2) is 0 Å². The van der Waals surface area contributed by atoms with Crippen molar-refractivity contribution >= 4 is 0 Å². The van der Waals surface area contributed by atoms with Gasteiger partial charge in [-0.3, -0.25) is 0 Å². The normalized spacial score (nSPS) is 0. The van der Waals surface area contributed by atoms with E-state index in [4.69, 9.17) is 0 Å². The van der Waals surface area contributed by atoms with Crippen molar-refractivity contribution in [3.05, 3.63) is 0 Å². The Morgan fingerprint density at radius 1 is 0.375 bits per heavy atom. The van der Waals surface area contributed by atoms with Gasteiger partial charge in [-0.15, -0.1) is 0 Å². The third-order valence-corrected chi connectivity index (χ3v) is 0. The summed E-state index contributed by atoms with van der Waals surface area (Å²) in [6.07, 6.45) is 0. The third-order valence-electron chi connectivity index (χ3n) is 0. The minimum Gasteiger partial charge on any atom is -1.00 e. The van der Waals surface area contributed by atoms with Crippen LogP contribution in [0, 0.1) is 41.7 Å². The van der Waals surface area contributed by atoms with Crippen LogP contribution in [0.1, 0.15) is 0 Å². The zero-order valence-corrected chi connectivity index (χ0v) is 9.04. The summed E-state index contributed by atoms with van der Waals surface area (Å²) >= 11 is 0. The van der Waals surface area contributed by atoms with Gasteiger partial charge in [0.1, 0.15) is 0 Å². The molecule has 4 nitrogen and oxygen atoms in total. The van der Waals surface area contributed by atoms with E-state index in [0.29, 0.717) is 0 Å². The van der Waals surface area contributed by atoms with Crippen molar-refractivity contribution in [2.45, 2.75) is 0 Å². The molecule has 0 bridgehead atoms. The SMILES string of the molecule is O.O.O.O.[Ce+3].[Cl-].[Cl-].[Cl-]. The van der Waals surface area contributed by atoms with E-state index in [0.717, 1.165) is 0 Å². The fraction of sp³-hybridized carbons (Fsp3) is 0. The molecular formula is H8CeCl3O4. The molecule has 0 fully saturated rings. The van der Waals surface area contributed by atoms with Crippen LogP contribution < -0.4 is 37.2 Å². The molecule has 0 aliphatic heterocycles. The standard InChI is InChI=1S/Ce.3ClH.4H2O/h;3*1H;4*1H2/q+3;;;;;;;/p-3. The zero-order chi connectivity index (χ0) is 0. The summed E-state index contributed by atoms with van der Waals surface area (Å²) in [4.78, 5) is 0. The fourth-order valence-corrected chi connectivity index (χ4v) is 0. The second-order valence-electron chi connectivity index (χ2n) is 0. The maximum Gasteiger partial charge on any atom is 3.00 e. The Morgan fingerprint density at radius 3 is 0.375 bits per heavy atom. The van der Waals surface area contributed by atoms with Gasteiger partial charge in [-0.05, 0) is 0 Å². The summed E-state index contributed by atoms with van der Waals surface area (Å²) in [5.41, 5.74) is 0. The van der Waals surface area contributed by atoms with E-state index in [-0.39, 0.29) is 101 Å². The van der Waals surface area contributed by atoms with Crippen LogP contribution >= 0.6 is 0 Å². The van der Waals surface area contributed by atoms with Crippen LogP contribution in [0.15, 0.2) is 0 Å². The Labute approximate surface area is 99.6 Å². The van der Waals surface area contributed by atoms with E-state index >= 15 is 0 Å². The van der Waals surface area contributed by atoms with Crippen LogP contribution in [0.4, 0.5) is 0 Å². The molecule has 57 valence electrons. The number of hydrogen-bond donors (Lipinski definition) is 0. The van der Waals surface area contributed by atoms with E-state index in [9.17, 15) is 0 Å². The van der Waals surface area contributed by atoms with Crippen LogP contribution in [0.2, 0.25) is 0 Å². The average Bonchev–Trinajstić information content (AvgIpc) is 0. The predicted molar refractivity (Wildman–Crippen MR) is 14.5 cm³/mol. The van der Waals surface area contributed by atoms with E-state index in [2.05, 4.69) is 0 Å². The summed E-state index contributed by atoms with van der Waals surface area (Å²) < 4.78 is 0. The first kappa shape index (κ1) is 191. The van der Waals surface area contributed by atoms with Crippen molar-refractivity contribution in [3.8, 4) is 0 Å². The summed E-state index contributed by atoms with van der Waals surface area (Å²) in [5, 5.41) is 0. The van der Waals surface area contributed by atoms with Gasteiger partial charge in [0, 0.05) is 0 Å². The number of rotatable bonds is 0. The number of hydrogen-bond acceptors (Lipinski definition) is 0. The predicted octanol–water partition coefficient (Wildman–Crippen LogP) is -12.3. The summed E-state index contributed by atoms with van der Waals surface area (Å²) in [6.45, 7) is 0. The molecule has 0 saturated carbocycles. The quantitative estimate of drug-likeness (QED) is 0.420. The smallest absolute Gasteiger partial charge is 1.00 e. The van der Waals surface area contributed by atoms with Crippen molar-refractivity contribution < 1.29 is 101 Å². The molecule has 0 aromatic carbocycles. The van der Waals surface area contributed by atoms with Gasteiger partial charge in [-0.2, -0.15) is 0 Å². The topological polar surface area (TPSA) is 126 Å². The molecule has 0 saturated heterocycles. The van der Waals surface area contributed by atoms with Crippen molar-refractivity contribution in [2.75, 3.05) is 0 Å². The van der Waals surface area contributed by atoms with E-state index in [1.807, 2.05) is 0 Å². The average molecular weight is 319 g/mol. The summed E-state index contributed by atoms with van der Waals surface area (Å²) in [7, 11) is 0. The molecule has 0 rings (SSSR count). The maximum absolute atomic E-state index is 0. The van der Waals surface area contributed by atoms with Crippen molar-refractivity contribution in [1.29, 1.82) is 0 Å². The van der Waals surface area contributed by atoms with Crippen LogP contribution in [0.3, 0.4) is 0 Å². The van der Waals surface area contributed by atoms with Gasteiger partial charge in [-0.1, -0.05) is 0 Å². The number of halogens is 3. The Bertz CT molecular complexity index is 11.2. The fourth-order valence-electron chi connectivity index (χ4n) is 0. The van der Waals surface area contributed by atoms with Gasteiger partial charge in [-0.25, -0.2) is 0 Å². The minimum absolute atomic E-state index is 0. The van der Waals surface area contributed by atoms with E-state index in [1.165, 1.54) is 0 Å². The molecule has 0 atom stereocenters. The van der Waals surface area contributed by atoms with Crippen molar-refractivity contribution in [3.63, 3.8) is 0 Å². The van der Waals surface area contributed by atoms with Gasteiger partial charge < -0.3 is 59.1 Å². The molecule has 0 heterocycles. The summed E-state index contributed by atoms with van der Waals surface area (Å²) in [6, 6.07) is 0. The minimum atomic E-state index is 0. The first-order valence-corrected chi connectivity index (χ1v) is 0. The molecule has 1 radical (unpaired) electrons. The molecule has 8 heavy (non-hydrogen) atoms. The van der Waals surface area contributed by atoms with Crippen LogP contribution in [-0.2, 0) is 0 Å². The van der Waals surface area contributed by atoms with E-state index < -0.39 is 0 Å². The largest absolute Gasteiger partial charge is 3.00 e. The maximum atomic E-state index is 0. The Morgan fingerprint density at radius 2 is 0.375 bits per heavy atom. The van der Waals surface area contributed by atoms with Crippen molar-refractivity contribution in [2.24, 2.45) is 0 Å². The van der Waals surface area contributed by atoms with Gasteiger partial charge in [0.05, 0.1) is 0 Å². The molecule has 0 aromatic rings. The Hall–Kier alpha value is 2.09. The second kappa shape index (κ2) is 136. The molecule has 0 aliphatic rings. The van der Waals surface area contributed by atoms with Crippen LogP contribution in [0.5, 0.6) is 0 Å². The molecule has 0 aliphatic carbocycles. The molecule has 0 unspecified atom stereocenters. The summed E-state index contributed by atoms with van der Waals surface area (Å²) in [5.74, 6) is 0. The molecular weight excluding hydrogens is 310 g/mol. The van der Waals surface area contributed by atoms with Gasteiger partial charge in [0.2, 0.25) is 0 Å². The first-order valence-electron chi connectivity index (χ1n) is 0. The van der Waals surface area contributed by atoms with Crippen molar-refractivity contribution in [1.82, 2.24) is 0 Å². The second-order valence-corrected chi connectivity index (χ2v) is 0.